The van der Waals surface area contributed by atoms with Crippen molar-refractivity contribution in [2.24, 2.45) is 0 Å². The number of carbonyl (C=O) groups is 1. The molecule has 0 N–H and O–H groups in total. The SMILES string of the molecule is CC(C)(C)c1ccc(CN(C(=O)COc2ccc(Br)cc2)[C@H]2CCS(=O)(=O)C2)cc1. The molecule has 1 aliphatic heterocycles. The maximum Gasteiger partial charge on any atom is 0.261 e. The predicted octanol–water partition coefficient (Wildman–Crippen LogP) is 4.34. The van der Waals surface area contributed by atoms with Gasteiger partial charge in [-0.1, -0.05) is 61.0 Å². The van der Waals surface area contributed by atoms with Crippen molar-refractivity contribution in [2.75, 3.05) is 18.1 Å². The molecule has 2 aromatic carbocycles. The first-order valence-corrected chi connectivity index (χ1v) is 12.6. The van der Waals surface area contributed by atoms with Gasteiger partial charge in [-0.15, -0.1) is 0 Å². The fraction of sp³-hybridized carbons (Fsp3) is 0.435. The van der Waals surface area contributed by atoms with E-state index < -0.39 is 9.84 Å². The molecular formula is C23H28BrNO4S. The Bertz CT molecular complexity index is 979. The van der Waals surface area contributed by atoms with Crippen LogP contribution < -0.4 is 4.74 Å². The second-order valence-electron chi connectivity index (χ2n) is 8.77. The van der Waals surface area contributed by atoms with E-state index >= 15 is 0 Å². The maximum absolute atomic E-state index is 13.0. The first kappa shape index (κ1) is 22.8. The van der Waals surface area contributed by atoms with E-state index in [4.69, 9.17) is 4.74 Å². The van der Waals surface area contributed by atoms with E-state index in [1.165, 1.54) is 5.56 Å². The highest BCUT2D eigenvalue weighted by Gasteiger charge is 2.34. The van der Waals surface area contributed by atoms with E-state index in [0.717, 1.165) is 10.0 Å². The van der Waals surface area contributed by atoms with Crippen LogP contribution in [-0.2, 0) is 26.6 Å². The minimum Gasteiger partial charge on any atom is -0.484 e. The average Bonchev–Trinajstić information content (AvgIpc) is 3.04. The summed E-state index contributed by atoms with van der Waals surface area (Å²) in [6.45, 7) is 6.70. The van der Waals surface area contributed by atoms with Crippen LogP contribution in [0, 0.1) is 0 Å². The monoisotopic (exact) mass is 493 g/mol. The van der Waals surface area contributed by atoms with Crippen molar-refractivity contribution in [3.05, 3.63) is 64.1 Å². The van der Waals surface area contributed by atoms with Gasteiger partial charge in [0.1, 0.15) is 5.75 Å². The summed E-state index contributed by atoms with van der Waals surface area (Å²) in [5.74, 6) is 0.523. The van der Waals surface area contributed by atoms with Gasteiger partial charge in [0.05, 0.1) is 11.5 Å². The molecule has 5 nitrogen and oxygen atoms in total. The number of rotatable bonds is 6. The van der Waals surface area contributed by atoms with Crippen LogP contribution in [0.1, 0.15) is 38.3 Å². The number of ether oxygens (including phenoxy) is 1. The fourth-order valence-corrected chi connectivity index (χ4v) is 5.50. The van der Waals surface area contributed by atoms with Gasteiger partial charge in [0.15, 0.2) is 16.4 Å². The third kappa shape index (κ3) is 6.08. The van der Waals surface area contributed by atoms with E-state index in [0.29, 0.717) is 18.7 Å². The topological polar surface area (TPSA) is 63.7 Å². The molecule has 0 saturated carbocycles. The fourth-order valence-electron chi connectivity index (χ4n) is 3.51. The van der Waals surface area contributed by atoms with Gasteiger partial charge >= 0.3 is 0 Å². The lowest BCUT2D eigenvalue weighted by Crippen LogP contribution is -2.43. The van der Waals surface area contributed by atoms with Gasteiger partial charge in [-0.25, -0.2) is 8.42 Å². The molecule has 162 valence electrons. The molecule has 1 saturated heterocycles. The van der Waals surface area contributed by atoms with Crippen molar-refractivity contribution < 1.29 is 17.9 Å². The Labute approximate surface area is 187 Å². The number of amides is 1. The van der Waals surface area contributed by atoms with Crippen LogP contribution >= 0.6 is 15.9 Å². The van der Waals surface area contributed by atoms with Crippen LogP contribution in [0.5, 0.6) is 5.75 Å². The highest BCUT2D eigenvalue weighted by atomic mass is 79.9. The summed E-state index contributed by atoms with van der Waals surface area (Å²) >= 11 is 3.37. The Balaban J connectivity index is 1.74. The summed E-state index contributed by atoms with van der Waals surface area (Å²) in [7, 11) is -3.10. The first-order valence-electron chi connectivity index (χ1n) is 10.0. The number of benzene rings is 2. The molecule has 1 heterocycles. The molecule has 7 heteroatoms. The van der Waals surface area contributed by atoms with Crippen LogP contribution in [0.25, 0.3) is 0 Å². The molecule has 1 fully saturated rings. The molecule has 0 aromatic heterocycles. The molecule has 0 aliphatic carbocycles. The molecule has 3 rings (SSSR count). The molecule has 0 spiro atoms. The number of hydrogen-bond donors (Lipinski definition) is 0. The van der Waals surface area contributed by atoms with Gasteiger partial charge in [0.25, 0.3) is 5.91 Å². The lowest BCUT2D eigenvalue weighted by molar-refractivity contribution is -0.136. The third-order valence-corrected chi connectivity index (χ3v) is 7.60. The lowest BCUT2D eigenvalue weighted by Gasteiger charge is -2.29. The van der Waals surface area contributed by atoms with Gasteiger partial charge in [-0.2, -0.15) is 0 Å². The Morgan fingerprint density at radius 3 is 2.27 bits per heavy atom. The standard InChI is InChI=1S/C23H28BrNO4S/c1-23(2,3)18-6-4-17(5-7-18)14-25(20-12-13-30(27,28)16-20)22(26)15-29-21-10-8-19(24)9-11-21/h4-11,20H,12-16H2,1-3H3/t20-/m0/s1. The summed E-state index contributed by atoms with van der Waals surface area (Å²) in [6, 6.07) is 15.1. The highest BCUT2D eigenvalue weighted by Crippen LogP contribution is 2.25. The molecule has 0 radical (unpaired) electrons. The molecule has 30 heavy (non-hydrogen) atoms. The molecule has 0 unspecified atom stereocenters. The van der Waals surface area contributed by atoms with Crippen molar-refractivity contribution in [1.82, 2.24) is 4.90 Å². The predicted molar refractivity (Wildman–Crippen MR) is 122 cm³/mol. The number of sulfone groups is 1. The zero-order valence-electron chi connectivity index (χ0n) is 17.6. The number of carbonyl (C=O) groups excluding carboxylic acids is 1. The van der Waals surface area contributed by atoms with Crippen LogP contribution in [0.15, 0.2) is 53.0 Å². The van der Waals surface area contributed by atoms with Crippen molar-refractivity contribution in [1.29, 1.82) is 0 Å². The van der Waals surface area contributed by atoms with Crippen LogP contribution in [0.4, 0.5) is 0 Å². The quantitative estimate of drug-likeness (QED) is 0.600. The van der Waals surface area contributed by atoms with Crippen LogP contribution in [0.2, 0.25) is 0 Å². The van der Waals surface area contributed by atoms with E-state index in [-0.39, 0.29) is 35.5 Å². The van der Waals surface area contributed by atoms with E-state index in [1.54, 1.807) is 17.0 Å². The molecule has 1 amide bonds. The van der Waals surface area contributed by atoms with E-state index in [9.17, 15) is 13.2 Å². The van der Waals surface area contributed by atoms with Crippen LogP contribution in [-0.4, -0.2) is 43.4 Å². The average molecular weight is 494 g/mol. The molecule has 0 bridgehead atoms. The van der Waals surface area contributed by atoms with Crippen LogP contribution in [0.3, 0.4) is 0 Å². The van der Waals surface area contributed by atoms with Crippen molar-refractivity contribution in [3.8, 4) is 5.75 Å². The lowest BCUT2D eigenvalue weighted by atomic mass is 9.86. The minimum atomic E-state index is -3.10. The number of hydrogen-bond acceptors (Lipinski definition) is 4. The second kappa shape index (κ2) is 9.10. The molecule has 1 aliphatic rings. The van der Waals surface area contributed by atoms with Gasteiger partial charge in [-0.3, -0.25) is 4.79 Å². The summed E-state index contributed by atoms with van der Waals surface area (Å²) in [6.07, 6.45) is 0.465. The van der Waals surface area contributed by atoms with Gasteiger partial charge in [0, 0.05) is 17.1 Å². The van der Waals surface area contributed by atoms with E-state index in [2.05, 4.69) is 48.8 Å². The van der Waals surface area contributed by atoms with Crippen molar-refractivity contribution >= 4 is 31.7 Å². The largest absolute Gasteiger partial charge is 0.484 e. The van der Waals surface area contributed by atoms with Crippen molar-refractivity contribution in [3.63, 3.8) is 0 Å². The zero-order valence-corrected chi connectivity index (χ0v) is 20.0. The van der Waals surface area contributed by atoms with Gasteiger partial charge < -0.3 is 9.64 Å². The Morgan fingerprint density at radius 2 is 1.73 bits per heavy atom. The number of halogens is 1. The number of nitrogens with zero attached hydrogens (tertiary/aromatic N) is 1. The summed E-state index contributed by atoms with van der Waals surface area (Å²) < 4.78 is 30.6. The molecule has 2 aromatic rings. The summed E-state index contributed by atoms with van der Waals surface area (Å²) in [4.78, 5) is 14.7. The third-order valence-electron chi connectivity index (χ3n) is 5.32. The second-order valence-corrected chi connectivity index (χ2v) is 11.9. The van der Waals surface area contributed by atoms with Gasteiger partial charge in [0.2, 0.25) is 0 Å². The maximum atomic E-state index is 13.0. The smallest absolute Gasteiger partial charge is 0.261 e. The van der Waals surface area contributed by atoms with Gasteiger partial charge in [-0.05, 0) is 47.2 Å². The summed E-state index contributed by atoms with van der Waals surface area (Å²) in [5, 5.41) is 0. The Morgan fingerprint density at radius 1 is 1.10 bits per heavy atom. The van der Waals surface area contributed by atoms with Crippen molar-refractivity contribution in [2.45, 2.75) is 45.2 Å². The molecule has 1 atom stereocenters. The molecular weight excluding hydrogens is 466 g/mol. The van der Waals surface area contributed by atoms with E-state index in [1.807, 2.05) is 24.3 Å². The normalized spacial score (nSPS) is 18.2. The highest BCUT2D eigenvalue weighted by molar-refractivity contribution is 9.10. The summed E-state index contributed by atoms with van der Waals surface area (Å²) in [5.41, 5.74) is 2.24. The Kier molecular flexibility index (Phi) is 6.92. The first-order chi connectivity index (χ1) is 14.0. The minimum absolute atomic E-state index is 0.0110. The zero-order chi connectivity index (χ0) is 21.9. The Hall–Kier alpha value is -1.86.